The summed E-state index contributed by atoms with van der Waals surface area (Å²) >= 11 is 1.82. The van der Waals surface area contributed by atoms with Crippen molar-refractivity contribution in [3.63, 3.8) is 0 Å². The fourth-order valence-corrected chi connectivity index (χ4v) is 3.60. The van der Waals surface area contributed by atoms with E-state index in [1.807, 2.05) is 11.3 Å². The van der Waals surface area contributed by atoms with Gasteiger partial charge in [0.25, 0.3) is 0 Å². The molecule has 2 rings (SSSR count). The summed E-state index contributed by atoms with van der Waals surface area (Å²) in [5.41, 5.74) is 11.5. The van der Waals surface area contributed by atoms with Crippen LogP contribution in [-0.2, 0) is 6.42 Å². The summed E-state index contributed by atoms with van der Waals surface area (Å²) in [6, 6.07) is 8.84. The minimum atomic E-state index is 0.434. The van der Waals surface area contributed by atoms with Gasteiger partial charge >= 0.3 is 0 Å². The molecule has 0 aliphatic heterocycles. The van der Waals surface area contributed by atoms with E-state index in [4.69, 9.17) is 5.73 Å². The largest absolute Gasteiger partial charge is 0.330 e. The molecule has 0 aliphatic rings. The summed E-state index contributed by atoms with van der Waals surface area (Å²) < 4.78 is 0. The summed E-state index contributed by atoms with van der Waals surface area (Å²) in [4.78, 5) is 1.42. The van der Waals surface area contributed by atoms with Crippen molar-refractivity contribution in [3.8, 4) is 0 Å². The number of benzene rings is 1. The molecular weight excluding hydrogens is 238 g/mol. The van der Waals surface area contributed by atoms with Gasteiger partial charge in [0.15, 0.2) is 0 Å². The number of hydrogen-bond donors (Lipinski definition) is 1. The van der Waals surface area contributed by atoms with Gasteiger partial charge in [-0.25, -0.2) is 0 Å². The van der Waals surface area contributed by atoms with Gasteiger partial charge in [-0.15, -0.1) is 11.3 Å². The summed E-state index contributed by atoms with van der Waals surface area (Å²) in [5, 5.41) is 2.14. The average molecular weight is 259 g/mol. The molecule has 2 aromatic rings. The molecule has 1 aromatic carbocycles. The van der Waals surface area contributed by atoms with Crippen LogP contribution in [0.25, 0.3) is 0 Å². The summed E-state index contributed by atoms with van der Waals surface area (Å²) in [7, 11) is 0. The monoisotopic (exact) mass is 259 g/mol. The Morgan fingerprint density at radius 3 is 2.33 bits per heavy atom. The molecule has 2 heteroatoms. The van der Waals surface area contributed by atoms with Crippen LogP contribution >= 0.6 is 11.3 Å². The zero-order chi connectivity index (χ0) is 13.1. The number of rotatable bonds is 4. The number of nitrogens with two attached hydrogens (primary N) is 1. The van der Waals surface area contributed by atoms with Crippen LogP contribution in [0.2, 0.25) is 0 Å². The van der Waals surface area contributed by atoms with E-state index >= 15 is 0 Å². The topological polar surface area (TPSA) is 26.0 Å². The molecule has 0 saturated carbocycles. The minimum absolute atomic E-state index is 0.434. The first-order chi connectivity index (χ1) is 8.61. The van der Waals surface area contributed by atoms with Crippen LogP contribution in [-0.4, -0.2) is 6.54 Å². The summed E-state index contributed by atoms with van der Waals surface area (Å²) in [6.45, 7) is 7.27. The lowest BCUT2D eigenvalue weighted by atomic mass is 9.87. The smallest absolute Gasteiger partial charge is 0.00517 e. The molecule has 0 aliphatic carbocycles. The zero-order valence-corrected chi connectivity index (χ0v) is 12.2. The van der Waals surface area contributed by atoms with E-state index in [1.54, 1.807) is 0 Å². The Hall–Kier alpha value is -1.12. The lowest BCUT2D eigenvalue weighted by Crippen LogP contribution is -2.17. The Labute approximate surface area is 114 Å². The first-order valence-corrected chi connectivity index (χ1v) is 7.30. The lowest BCUT2D eigenvalue weighted by molar-refractivity contribution is 0.691. The quantitative estimate of drug-likeness (QED) is 0.883. The van der Waals surface area contributed by atoms with Gasteiger partial charge in [0.1, 0.15) is 0 Å². The third-order valence-electron chi connectivity index (χ3n) is 3.46. The van der Waals surface area contributed by atoms with Crippen molar-refractivity contribution in [1.29, 1.82) is 0 Å². The van der Waals surface area contributed by atoms with Crippen molar-refractivity contribution in [2.24, 2.45) is 5.73 Å². The second kappa shape index (κ2) is 5.68. The SMILES string of the molecule is Cc1cc(C)c(C(CN)Cc2cccs2)c(C)c1. The molecule has 0 amide bonds. The van der Waals surface area contributed by atoms with E-state index in [2.05, 4.69) is 50.4 Å². The highest BCUT2D eigenvalue weighted by Gasteiger charge is 2.16. The first kappa shape index (κ1) is 13.3. The van der Waals surface area contributed by atoms with E-state index < -0.39 is 0 Å². The van der Waals surface area contributed by atoms with Gasteiger partial charge in [-0.2, -0.15) is 0 Å². The van der Waals surface area contributed by atoms with Gasteiger partial charge in [-0.3, -0.25) is 0 Å². The fourth-order valence-electron chi connectivity index (χ4n) is 2.81. The molecule has 0 bridgehead atoms. The second-order valence-electron chi connectivity index (χ2n) is 5.03. The highest BCUT2D eigenvalue weighted by Crippen LogP contribution is 2.28. The van der Waals surface area contributed by atoms with Crippen LogP contribution in [0.15, 0.2) is 29.6 Å². The zero-order valence-electron chi connectivity index (χ0n) is 11.4. The highest BCUT2D eigenvalue weighted by atomic mass is 32.1. The van der Waals surface area contributed by atoms with Crippen molar-refractivity contribution >= 4 is 11.3 Å². The van der Waals surface area contributed by atoms with E-state index in [1.165, 1.54) is 27.1 Å². The van der Waals surface area contributed by atoms with E-state index in [-0.39, 0.29) is 0 Å². The first-order valence-electron chi connectivity index (χ1n) is 6.42. The van der Waals surface area contributed by atoms with Gasteiger partial charge in [0, 0.05) is 10.8 Å². The predicted molar refractivity (Wildman–Crippen MR) is 80.5 cm³/mol. The molecule has 0 saturated heterocycles. The van der Waals surface area contributed by atoms with Gasteiger partial charge < -0.3 is 5.73 Å². The number of hydrogen-bond acceptors (Lipinski definition) is 2. The minimum Gasteiger partial charge on any atom is -0.330 e. The number of thiophene rings is 1. The van der Waals surface area contributed by atoms with E-state index in [9.17, 15) is 0 Å². The van der Waals surface area contributed by atoms with Crippen molar-refractivity contribution in [2.45, 2.75) is 33.1 Å². The maximum absolute atomic E-state index is 6.00. The Bertz CT molecular complexity index is 491. The predicted octanol–water partition coefficient (Wildman–Crippen LogP) is 3.96. The van der Waals surface area contributed by atoms with Crippen molar-refractivity contribution in [1.82, 2.24) is 0 Å². The van der Waals surface area contributed by atoms with E-state index in [0.29, 0.717) is 12.5 Å². The Balaban J connectivity index is 2.33. The Morgan fingerprint density at radius 1 is 1.17 bits per heavy atom. The van der Waals surface area contributed by atoms with Crippen LogP contribution < -0.4 is 5.73 Å². The summed E-state index contributed by atoms with van der Waals surface area (Å²) in [6.07, 6.45) is 1.05. The van der Waals surface area contributed by atoms with Gasteiger partial charge in [-0.1, -0.05) is 23.8 Å². The third-order valence-corrected chi connectivity index (χ3v) is 4.36. The molecule has 1 heterocycles. The third kappa shape index (κ3) is 2.82. The van der Waals surface area contributed by atoms with Crippen LogP contribution in [0.3, 0.4) is 0 Å². The van der Waals surface area contributed by atoms with Crippen LogP contribution in [0, 0.1) is 20.8 Å². The Morgan fingerprint density at radius 2 is 1.83 bits per heavy atom. The number of aryl methyl sites for hydroxylation is 3. The molecule has 1 nitrogen and oxygen atoms in total. The maximum Gasteiger partial charge on any atom is 0.00517 e. The molecule has 0 radical (unpaired) electrons. The highest BCUT2D eigenvalue weighted by molar-refractivity contribution is 7.09. The fraction of sp³-hybridized carbons (Fsp3) is 0.375. The molecule has 0 spiro atoms. The molecule has 1 atom stereocenters. The second-order valence-corrected chi connectivity index (χ2v) is 6.06. The molecule has 18 heavy (non-hydrogen) atoms. The van der Waals surface area contributed by atoms with Gasteiger partial charge in [-0.05, 0) is 61.9 Å². The van der Waals surface area contributed by atoms with Crippen molar-refractivity contribution in [2.75, 3.05) is 6.54 Å². The Kier molecular flexibility index (Phi) is 4.20. The molecule has 0 fully saturated rings. The van der Waals surface area contributed by atoms with E-state index in [0.717, 1.165) is 6.42 Å². The van der Waals surface area contributed by atoms with Crippen LogP contribution in [0.1, 0.15) is 33.0 Å². The van der Waals surface area contributed by atoms with Crippen molar-refractivity contribution < 1.29 is 0 Å². The molecule has 2 N–H and O–H groups in total. The molecule has 1 unspecified atom stereocenters. The molecule has 1 aromatic heterocycles. The van der Waals surface area contributed by atoms with Crippen molar-refractivity contribution in [3.05, 3.63) is 56.8 Å². The van der Waals surface area contributed by atoms with Crippen LogP contribution in [0.5, 0.6) is 0 Å². The van der Waals surface area contributed by atoms with Gasteiger partial charge in [0.05, 0.1) is 0 Å². The summed E-state index contributed by atoms with van der Waals surface area (Å²) in [5.74, 6) is 0.434. The standard InChI is InChI=1S/C16H21NS/c1-11-7-12(2)16(13(3)8-11)14(10-17)9-15-5-4-6-18-15/h4-8,14H,9-10,17H2,1-3H3. The van der Waals surface area contributed by atoms with Crippen LogP contribution in [0.4, 0.5) is 0 Å². The average Bonchev–Trinajstić information content (AvgIpc) is 2.79. The lowest BCUT2D eigenvalue weighted by Gasteiger charge is -2.20. The normalized spacial score (nSPS) is 12.7. The molecular formula is C16H21NS. The van der Waals surface area contributed by atoms with Gasteiger partial charge in [0.2, 0.25) is 0 Å². The maximum atomic E-state index is 6.00. The molecule has 96 valence electrons.